The van der Waals surface area contributed by atoms with Gasteiger partial charge in [-0.05, 0) is 99.3 Å². The van der Waals surface area contributed by atoms with E-state index in [0.717, 1.165) is 38.5 Å². The van der Waals surface area contributed by atoms with Gasteiger partial charge in [0, 0.05) is 6.07 Å². The van der Waals surface area contributed by atoms with Crippen molar-refractivity contribution in [2.45, 2.75) is 70.8 Å². The number of nitro benzene ring substituents is 1. The summed E-state index contributed by atoms with van der Waals surface area (Å²) >= 11 is 0. The third-order valence-electron chi connectivity index (χ3n) is 8.63. The van der Waals surface area contributed by atoms with Gasteiger partial charge in [0.25, 0.3) is 11.6 Å². The Morgan fingerprint density at radius 2 is 1.74 bits per heavy atom. The molecular weight excluding hydrogens is 444 g/mol. The maximum atomic E-state index is 13.6. The number of nitrogens with one attached hydrogen (secondary N) is 1. The zero-order valence-electron chi connectivity index (χ0n) is 20.5. The lowest BCUT2D eigenvalue weighted by Gasteiger charge is -2.61. The van der Waals surface area contributed by atoms with E-state index < -0.39 is 22.3 Å². The normalized spacial score (nSPS) is 29.5. The third kappa shape index (κ3) is 4.11. The average Bonchev–Trinajstić information content (AvgIpc) is 2.80. The number of anilines is 1. The molecule has 4 saturated carbocycles. The first-order chi connectivity index (χ1) is 16.6. The maximum Gasteiger partial charge on any atom is 0.312 e. The fraction of sp³-hybridized carbons (Fsp3) is 0.500. The Bertz CT molecular complexity index is 1190. The summed E-state index contributed by atoms with van der Waals surface area (Å²) in [6.07, 6.45) is 4.71. The van der Waals surface area contributed by atoms with Gasteiger partial charge in [-0.1, -0.05) is 30.3 Å². The Balaban J connectivity index is 1.34. The number of carbonyl (C=O) groups is 2. The molecule has 7 heteroatoms. The highest BCUT2D eigenvalue weighted by molar-refractivity contribution is 5.97. The summed E-state index contributed by atoms with van der Waals surface area (Å²) in [5.74, 6) is 0.106. The molecule has 4 aliphatic rings. The van der Waals surface area contributed by atoms with E-state index in [1.807, 2.05) is 0 Å². The molecule has 4 fully saturated rings. The third-order valence-corrected chi connectivity index (χ3v) is 8.63. The van der Waals surface area contributed by atoms with E-state index in [1.165, 1.54) is 41.8 Å². The van der Waals surface area contributed by atoms with Gasteiger partial charge in [-0.15, -0.1) is 0 Å². The van der Waals surface area contributed by atoms with Crippen LogP contribution in [-0.4, -0.2) is 22.9 Å². The van der Waals surface area contributed by atoms with E-state index in [0.29, 0.717) is 11.8 Å². The van der Waals surface area contributed by atoms with Gasteiger partial charge >= 0.3 is 5.97 Å². The second-order valence-corrected chi connectivity index (χ2v) is 11.1. The first-order valence-corrected chi connectivity index (χ1v) is 12.4. The Kier molecular flexibility index (Phi) is 5.69. The van der Waals surface area contributed by atoms with Crippen LogP contribution in [0.25, 0.3) is 0 Å². The summed E-state index contributed by atoms with van der Waals surface area (Å²) in [6.45, 7) is 5.79. The fourth-order valence-corrected chi connectivity index (χ4v) is 7.22. The summed E-state index contributed by atoms with van der Waals surface area (Å²) in [6, 6.07) is 12.7. The molecule has 6 rings (SSSR count). The quantitative estimate of drug-likeness (QED) is 0.331. The molecule has 0 unspecified atom stereocenters. The molecule has 3 atom stereocenters. The highest BCUT2D eigenvalue weighted by atomic mass is 16.6. The minimum atomic E-state index is -1.05. The zero-order valence-corrected chi connectivity index (χ0v) is 20.5. The van der Waals surface area contributed by atoms with Crippen LogP contribution in [0.15, 0.2) is 42.5 Å². The number of ether oxygens (including phenoxy) is 1. The predicted molar refractivity (Wildman–Crippen MR) is 132 cm³/mol. The molecule has 0 radical (unpaired) electrons. The zero-order chi connectivity index (χ0) is 25.0. The molecule has 0 aliphatic heterocycles. The van der Waals surface area contributed by atoms with Gasteiger partial charge in [0.2, 0.25) is 0 Å². The number of nitrogens with zero attached hydrogens (tertiary/aromatic N) is 1. The highest BCUT2D eigenvalue weighted by Gasteiger charge is 2.61. The van der Waals surface area contributed by atoms with Gasteiger partial charge in [-0.3, -0.25) is 19.7 Å². The Hall–Kier alpha value is -3.22. The number of hydrogen-bond acceptors (Lipinski definition) is 5. The van der Waals surface area contributed by atoms with Gasteiger partial charge < -0.3 is 10.1 Å². The van der Waals surface area contributed by atoms with Crippen LogP contribution in [0.3, 0.4) is 0 Å². The van der Waals surface area contributed by atoms with E-state index in [-0.39, 0.29) is 22.8 Å². The van der Waals surface area contributed by atoms with Crippen molar-refractivity contribution in [3.05, 3.63) is 69.3 Å². The molecule has 184 valence electrons. The summed E-state index contributed by atoms with van der Waals surface area (Å²) in [7, 11) is 0. The smallest absolute Gasteiger partial charge is 0.312 e. The summed E-state index contributed by atoms with van der Waals surface area (Å²) in [5, 5.41) is 13.8. The van der Waals surface area contributed by atoms with Crippen molar-refractivity contribution in [3.63, 3.8) is 0 Å². The van der Waals surface area contributed by atoms with Crippen molar-refractivity contribution in [1.82, 2.24) is 0 Å². The number of hydrogen-bond donors (Lipinski definition) is 1. The van der Waals surface area contributed by atoms with Crippen molar-refractivity contribution < 1.29 is 19.2 Å². The van der Waals surface area contributed by atoms with Gasteiger partial charge in [0.1, 0.15) is 5.69 Å². The van der Waals surface area contributed by atoms with Crippen LogP contribution in [0, 0.1) is 41.2 Å². The van der Waals surface area contributed by atoms with Gasteiger partial charge in [0.15, 0.2) is 6.10 Å². The molecular formula is C28H32N2O5. The number of benzene rings is 2. The molecule has 1 amide bonds. The van der Waals surface area contributed by atoms with Crippen molar-refractivity contribution in [1.29, 1.82) is 0 Å². The number of esters is 1. The molecule has 2 aromatic rings. The number of carbonyl (C=O) groups excluding carboxylic acids is 2. The minimum absolute atomic E-state index is 0.0162. The summed E-state index contributed by atoms with van der Waals surface area (Å²) < 4.78 is 5.77. The van der Waals surface area contributed by atoms with Crippen LogP contribution >= 0.6 is 0 Å². The van der Waals surface area contributed by atoms with E-state index in [4.69, 9.17) is 4.74 Å². The SMILES string of the molecule is Cc1ccc(C23C[C@H]4C[C@@H](CC(C(=O)O[C@@H](C)C(=O)Nc5ccccc5[N+](=O)[O-])(C4)C2)C3)cc1C. The van der Waals surface area contributed by atoms with Gasteiger partial charge in [-0.25, -0.2) is 0 Å². The van der Waals surface area contributed by atoms with Crippen molar-refractivity contribution in [2.75, 3.05) is 5.32 Å². The van der Waals surface area contributed by atoms with Crippen LogP contribution < -0.4 is 5.32 Å². The molecule has 0 spiro atoms. The van der Waals surface area contributed by atoms with Crippen LogP contribution in [0.4, 0.5) is 11.4 Å². The summed E-state index contributed by atoms with van der Waals surface area (Å²) in [4.78, 5) is 37.1. The lowest BCUT2D eigenvalue weighted by atomic mass is 9.43. The summed E-state index contributed by atoms with van der Waals surface area (Å²) in [5.41, 5.74) is 3.17. The highest BCUT2D eigenvalue weighted by Crippen LogP contribution is 2.66. The molecule has 4 bridgehead atoms. The number of nitro groups is 1. The average molecular weight is 477 g/mol. The van der Waals surface area contributed by atoms with Crippen LogP contribution in [0.2, 0.25) is 0 Å². The number of para-hydroxylation sites is 2. The monoisotopic (exact) mass is 476 g/mol. The van der Waals surface area contributed by atoms with Crippen LogP contribution in [0.1, 0.15) is 62.1 Å². The molecule has 1 N–H and O–H groups in total. The lowest BCUT2D eigenvalue weighted by Crippen LogP contribution is -2.57. The number of aryl methyl sites for hydroxylation is 2. The van der Waals surface area contributed by atoms with Crippen molar-refractivity contribution in [3.8, 4) is 0 Å². The van der Waals surface area contributed by atoms with E-state index in [9.17, 15) is 19.7 Å². The first-order valence-electron chi connectivity index (χ1n) is 12.4. The van der Waals surface area contributed by atoms with Gasteiger partial charge in [-0.2, -0.15) is 0 Å². The van der Waals surface area contributed by atoms with E-state index >= 15 is 0 Å². The molecule has 0 heterocycles. The molecule has 35 heavy (non-hydrogen) atoms. The molecule has 4 aliphatic carbocycles. The second kappa shape index (κ2) is 8.47. The van der Waals surface area contributed by atoms with E-state index in [1.54, 1.807) is 6.07 Å². The molecule has 0 aromatic heterocycles. The van der Waals surface area contributed by atoms with Gasteiger partial charge in [0.05, 0.1) is 10.3 Å². The van der Waals surface area contributed by atoms with Crippen LogP contribution in [-0.2, 0) is 19.7 Å². The Morgan fingerprint density at radius 1 is 1.06 bits per heavy atom. The van der Waals surface area contributed by atoms with Crippen LogP contribution in [0.5, 0.6) is 0 Å². The topological polar surface area (TPSA) is 98.5 Å². The molecule has 7 nitrogen and oxygen atoms in total. The maximum absolute atomic E-state index is 13.6. The predicted octanol–water partition coefficient (Wildman–Crippen LogP) is 5.62. The van der Waals surface area contributed by atoms with Crippen molar-refractivity contribution >= 4 is 23.3 Å². The molecule has 0 saturated heterocycles. The minimum Gasteiger partial charge on any atom is -0.452 e. The number of rotatable bonds is 6. The fourth-order valence-electron chi connectivity index (χ4n) is 7.22. The Labute approximate surface area is 205 Å². The van der Waals surface area contributed by atoms with E-state index in [2.05, 4.69) is 37.4 Å². The Morgan fingerprint density at radius 3 is 2.40 bits per heavy atom. The first kappa shape index (κ1) is 23.5. The molecule has 2 aromatic carbocycles. The standard InChI is InChI=1S/C28H32N2O5/c1-17-8-9-22(10-18(17)2)27-12-20-11-21(13-27)15-28(14-20,16-27)26(32)35-19(3)25(31)29-23-6-4-5-7-24(23)30(33)34/h4-10,19-21H,11-16H2,1-3H3,(H,29,31)/t19-,20+,21+,27?,28?/m0/s1. The van der Waals surface area contributed by atoms with Crippen molar-refractivity contribution in [2.24, 2.45) is 17.3 Å². The second-order valence-electron chi connectivity index (χ2n) is 11.1. The number of amides is 1. The largest absolute Gasteiger partial charge is 0.452 e. The lowest BCUT2D eigenvalue weighted by molar-refractivity contribution is -0.383.